The van der Waals surface area contributed by atoms with Crippen LogP contribution in [0.1, 0.15) is 27.7 Å². The van der Waals surface area contributed by atoms with Crippen molar-refractivity contribution < 1.29 is 9.31 Å². The zero-order chi connectivity index (χ0) is 14.2. The normalized spacial score (nSPS) is 22.1. The summed E-state index contributed by atoms with van der Waals surface area (Å²) in [5.41, 5.74) is 2.03. The first-order chi connectivity index (χ1) is 8.81. The van der Waals surface area contributed by atoms with Gasteiger partial charge in [0.2, 0.25) is 0 Å². The first kappa shape index (κ1) is 14.4. The number of nitrogens with zero attached hydrogens (tertiary/aromatic N) is 1. The Morgan fingerprint density at radius 2 is 1.74 bits per heavy atom. The van der Waals surface area contributed by atoms with Crippen LogP contribution in [0.15, 0.2) is 24.3 Å². The second kappa shape index (κ2) is 5.18. The highest BCUT2D eigenvalue weighted by atomic mass is 16.7. The summed E-state index contributed by atoms with van der Waals surface area (Å²) >= 11 is 0. The van der Waals surface area contributed by atoms with Crippen LogP contribution in [0, 0.1) is 5.92 Å². The van der Waals surface area contributed by atoms with Crippen molar-refractivity contribution in [2.24, 2.45) is 5.92 Å². The molecular formula is C15H24BNO2. The number of hydrogen-bond donors (Lipinski definition) is 0. The van der Waals surface area contributed by atoms with Gasteiger partial charge in [-0.15, -0.1) is 0 Å². The monoisotopic (exact) mass is 261 g/mol. The van der Waals surface area contributed by atoms with Gasteiger partial charge in [-0.3, -0.25) is 0 Å². The molecule has 0 amide bonds. The van der Waals surface area contributed by atoms with Gasteiger partial charge in [-0.1, -0.05) is 26.0 Å². The van der Waals surface area contributed by atoms with Crippen molar-refractivity contribution >= 4 is 18.3 Å². The number of rotatable bonds is 3. The van der Waals surface area contributed by atoms with Crippen LogP contribution in [-0.2, 0) is 9.31 Å². The van der Waals surface area contributed by atoms with Crippen molar-refractivity contribution in [2.45, 2.75) is 39.4 Å². The van der Waals surface area contributed by atoms with E-state index in [0.29, 0.717) is 5.92 Å². The van der Waals surface area contributed by atoms with Gasteiger partial charge in [0.25, 0.3) is 0 Å². The Morgan fingerprint density at radius 1 is 1.16 bits per heavy atom. The summed E-state index contributed by atoms with van der Waals surface area (Å²) < 4.78 is 12.2. The third-order valence-corrected chi connectivity index (χ3v) is 3.65. The molecule has 104 valence electrons. The molecule has 1 heterocycles. The summed E-state index contributed by atoms with van der Waals surface area (Å²) in [6.07, 6.45) is 0.131. The van der Waals surface area contributed by atoms with E-state index in [2.05, 4.69) is 56.9 Å². The zero-order valence-corrected chi connectivity index (χ0v) is 12.8. The summed E-state index contributed by atoms with van der Waals surface area (Å²) in [6, 6.07) is 8.35. The summed E-state index contributed by atoms with van der Waals surface area (Å²) in [4.78, 5) is 2.08. The molecule has 1 saturated heterocycles. The fourth-order valence-corrected chi connectivity index (χ4v) is 2.70. The van der Waals surface area contributed by atoms with Crippen LogP contribution in [0.5, 0.6) is 0 Å². The van der Waals surface area contributed by atoms with Gasteiger partial charge in [0.05, 0.1) is 11.7 Å². The topological polar surface area (TPSA) is 21.7 Å². The maximum atomic E-state index is 6.09. The van der Waals surface area contributed by atoms with E-state index in [0.717, 1.165) is 5.46 Å². The lowest BCUT2D eigenvalue weighted by atomic mass is 9.79. The molecule has 0 spiro atoms. The molecule has 0 radical (unpaired) electrons. The van der Waals surface area contributed by atoms with Crippen LogP contribution in [0.25, 0.3) is 0 Å². The molecule has 1 fully saturated rings. The molecule has 1 aliphatic heterocycles. The molecule has 19 heavy (non-hydrogen) atoms. The van der Waals surface area contributed by atoms with E-state index in [4.69, 9.17) is 9.31 Å². The lowest BCUT2D eigenvalue weighted by molar-refractivity contribution is 0.0438. The predicted molar refractivity (Wildman–Crippen MR) is 81.0 cm³/mol. The lowest BCUT2D eigenvalue weighted by Crippen LogP contribution is -2.37. The van der Waals surface area contributed by atoms with Gasteiger partial charge in [-0.25, -0.2) is 0 Å². The minimum atomic E-state index is -0.251. The Morgan fingerprint density at radius 3 is 2.16 bits per heavy atom. The predicted octanol–water partition coefficient (Wildman–Crippen LogP) is 2.30. The van der Waals surface area contributed by atoms with Crippen molar-refractivity contribution in [2.75, 3.05) is 19.0 Å². The van der Waals surface area contributed by atoms with Gasteiger partial charge in [-0.2, -0.15) is 0 Å². The standard InChI is InChI=1S/C15H24BNO2/c1-11(2)14-15(3,4)19-16(18-14)12-7-9-13(10-8-12)17(5)6/h7-11,14H,1-6H3. The molecule has 2 rings (SSSR count). The summed E-state index contributed by atoms with van der Waals surface area (Å²) in [6.45, 7) is 8.55. The Balaban J connectivity index is 2.16. The first-order valence-corrected chi connectivity index (χ1v) is 6.92. The largest absolute Gasteiger partial charge is 0.494 e. The molecule has 4 heteroatoms. The summed E-state index contributed by atoms with van der Waals surface area (Å²) in [7, 11) is 3.82. The molecule has 3 nitrogen and oxygen atoms in total. The number of anilines is 1. The SMILES string of the molecule is CC(C)C1OB(c2ccc(N(C)C)cc2)OC1(C)C. The molecule has 0 aromatic heterocycles. The molecule has 0 aliphatic carbocycles. The van der Waals surface area contributed by atoms with E-state index in [1.807, 2.05) is 14.1 Å². The van der Waals surface area contributed by atoms with E-state index >= 15 is 0 Å². The molecule has 0 saturated carbocycles. The lowest BCUT2D eigenvalue weighted by Gasteiger charge is -2.28. The van der Waals surface area contributed by atoms with E-state index in [9.17, 15) is 0 Å². The minimum absolute atomic E-state index is 0.131. The first-order valence-electron chi connectivity index (χ1n) is 6.92. The highest BCUT2D eigenvalue weighted by Crippen LogP contribution is 2.32. The summed E-state index contributed by atoms with van der Waals surface area (Å²) in [5.74, 6) is 0.445. The van der Waals surface area contributed by atoms with Crippen molar-refractivity contribution in [1.82, 2.24) is 0 Å². The van der Waals surface area contributed by atoms with Gasteiger partial charge in [-0.05, 0) is 37.4 Å². The molecule has 1 aromatic carbocycles. The molecular weight excluding hydrogens is 237 g/mol. The van der Waals surface area contributed by atoms with Crippen molar-refractivity contribution in [1.29, 1.82) is 0 Å². The van der Waals surface area contributed by atoms with Gasteiger partial charge in [0.1, 0.15) is 0 Å². The third kappa shape index (κ3) is 2.95. The quantitative estimate of drug-likeness (QED) is 0.779. The highest BCUT2D eigenvalue weighted by Gasteiger charge is 2.47. The van der Waals surface area contributed by atoms with E-state index < -0.39 is 0 Å². The molecule has 1 aromatic rings. The Bertz CT molecular complexity index is 428. The second-order valence-electron chi connectivity index (χ2n) is 6.34. The number of hydrogen-bond acceptors (Lipinski definition) is 3. The highest BCUT2D eigenvalue weighted by molar-refractivity contribution is 6.62. The van der Waals surface area contributed by atoms with E-state index in [1.54, 1.807) is 0 Å². The van der Waals surface area contributed by atoms with Gasteiger partial charge in [0, 0.05) is 19.8 Å². The van der Waals surface area contributed by atoms with E-state index in [-0.39, 0.29) is 18.8 Å². The minimum Gasteiger partial charge on any atom is -0.401 e. The van der Waals surface area contributed by atoms with Gasteiger partial charge >= 0.3 is 7.12 Å². The Kier molecular flexibility index (Phi) is 3.93. The third-order valence-electron chi connectivity index (χ3n) is 3.65. The molecule has 1 atom stereocenters. The Hall–Kier alpha value is -0.995. The van der Waals surface area contributed by atoms with Crippen LogP contribution in [0.2, 0.25) is 0 Å². The molecule has 1 unspecified atom stereocenters. The van der Waals surface area contributed by atoms with Crippen LogP contribution in [-0.4, -0.2) is 32.9 Å². The van der Waals surface area contributed by atoms with Crippen LogP contribution < -0.4 is 10.4 Å². The molecule has 0 N–H and O–H groups in total. The fourth-order valence-electron chi connectivity index (χ4n) is 2.70. The van der Waals surface area contributed by atoms with Crippen LogP contribution >= 0.6 is 0 Å². The zero-order valence-electron chi connectivity index (χ0n) is 12.8. The fraction of sp³-hybridized carbons (Fsp3) is 0.600. The van der Waals surface area contributed by atoms with Crippen molar-refractivity contribution in [3.05, 3.63) is 24.3 Å². The van der Waals surface area contributed by atoms with Gasteiger partial charge < -0.3 is 14.2 Å². The van der Waals surface area contributed by atoms with Crippen LogP contribution in [0.3, 0.4) is 0 Å². The molecule has 0 bridgehead atoms. The van der Waals surface area contributed by atoms with Crippen LogP contribution in [0.4, 0.5) is 5.69 Å². The Labute approximate surface area is 117 Å². The molecule has 1 aliphatic rings. The number of benzene rings is 1. The van der Waals surface area contributed by atoms with Crippen molar-refractivity contribution in [3.8, 4) is 0 Å². The second-order valence-corrected chi connectivity index (χ2v) is 6.34. The maximum absolute atomic E-state index is 6.09. The average molecular weight is 261 g/mol. The van der Waals surface area contributed by atoms with E-state index in [1.165, 1.54) is 5.69 Å². The smallest absolute Gasteiger partial charge is 0.401 e. The average Bonchev–Trinajstić information content (AvgIpc) is 2.65. The summed E-state index contributed by atoms with van der Waals surface area (Å²) in [5, 5.41) is 0. The van der Waals surface area contributed by atoms with Crippen molar-refractivity contribution in [3.63, 3.8) is 0 Å². The van der Waals surface area contributed by atoms with Gasteiger partial charge in [0.15, 0.2) is 0 Å². The maximum Gasteiger partial charge on any atom is 0.494 e.